The van der Waals surface area contributed by atoms with Gasteiger partial charge in [0.2, 0.25) is 0 Å². The van der Waals surface area contributed by atoms with Crippen LogP contribution in [0.5, 0.6) is 0 Å². The van der Waals surface area contributed by atoms with Crippen LogP contribution in [0.25, 0.3) is 0 Å². The summed E-state index contributed by atoms with van der Waals surface area (Å²) in [5.74, 6) is -2.97. The van der Waals surface area contributed by atoms with E-state index in [0.29, 0.717) is 12.8 Å². The van der Waals surface area contributed by atoms with Crippen molar-refractivity contribution in [2.75, 3.05) is 4.72 Å². The van der Waals surface area contributed by atoms with E-state index >= 15 is 0 Å². The summed E-state index contributed by atoms with van der Waals surface area (Å²) < 4.78 is 46.5. The molecule has 1 aliphatic rings. The van der Waals surface area contributed by atoms with Crippen molar-refractivity contribution in [1.82, 2.24) is 0 Å². The van der Waals surface area contributed by atoms with Crippen LogP contribution in [0.3, 0.4) is 0 Å². The number of hydrogen-bond acceptors (Lipinski definition) is 5. The van der Waals surface area contributed by atoms with Gasteiger partial charge in [0.1, 0.15) is 12.3 Å². The lowest BCUT2D eigenvalue weighted by Gasteiger charge is -2.21. The number of carboxylic acid groups (broad SMARTS) is 1. The van der Waals surface area contributed by atoms with Crippen molar-refractivity contribution < 1.29 is 32.6 Å². The lowest BCUT2D eigenvalue weighted by Crippen LogP contribution is -2.20. The Kier molecular flexibility index (Phi) is 6.13. The van der Waals surface area contributed by atoms with Crippen molar-refractivity contribution in [2.45, 2.75) is 31.1 Å². The molecule has 1 unspecified atom stereocenters. The minimum absolute atomic E-state index is 0.0460. The third kappa shape index (κ3) is 4.67. The molecule has 0 saturated carbocycles. The van der Waals surface area contributed by atoms with Gasteiger partial charge >= 0.3 is 12.2 Å². The van der Waals surface area contributed by atoms with Crippen LogP contribution >= 0.6 is 11.9 Å². The van der Waals surface area contributed by atoms with Gasteiger partial charge in [0.15, 0.2) is 11.6 Å². The summed E-state index contributed by atoms with van der Waals surface area (Å²) in [4.78, 5) is 21.2. The van der Waals surface area contributed by atoms with Gasteiger partial charge in [-0.25, -0.2) is 18.4 Å². The molecule has 0 aliphatic heterocycles. The van der Waals surface area contributed by atoms with Crippen LogP contribution in [0.2, 0.25) is 0 Å². The van der Waals surface area contributed by atoms with Gasteiger partial charge in [0, 0.05) is 5.57 Å². The number of anilines is 1. The minimum atomic E-state index is -2.04. The highest BCUT2D eigenvalue weighted by Gasteiger charge is 2.24. The summed E-state index contributed by atoms with van der Waals surface area (Å²) in [6, 6.07) is 1.81. The molecular weight excluding hydrogens is 347 g/mol. The van der Waals surface area contributed by atoms with Crippen LogP contribution in [-0.4, -0.2) is 22.5 Å². The van der Waals surface area contributed by atoms with Crippen LogP contribution in [0.1, 0.15) is 24.8 Å². The predicted molar refractivity (Wildman–Crippen MR) is 82.2 cm³/mol. The largest absolute Gasteiger partial charge is 0.495 e. The van der Waals surface area contributed by atoms with Gasteiger partial charge in [0.05, 0.1) is 5.25 Å². The van der Waals surface area contributed by atoms with E-state index in [1.807, 2.05) is 0 Å². The normalized spacial score (nSPS) is 17.1. The van der Waals surface area contributed by atoms with E-state index in [1.54, 1.807) is 6.08 Å². The predicted octanol–water partition coefficient (Wildman–Crippen LogP) is 4.19. The zero-order valence-electron chi connectivity index (χ0n) is 12.4. The maximum absolute atomic E-state index is 14.0. The third-order valence-electron chi connectivity index (χ3n) is 3.39. The van der Waals surface area contributed by atoms with Gasteiger partial charge in [0.25, 0.3) is 0 Å². The number of carboxylic acids is 1. The molecule has 0 saturated heterocycles. The van der Waals surface area contributed by atoms with E-state index in [0.717, 1.165) is 30.5 Å². The van der Waals surface area contributed by atoms with Crippen molar-refractivity contribution >= 4 is 29.8 Å². The van der Waals surface area contributed by atoms with Gasteiger partial charge < -0.3 is 14.6 Å². The van der Waals surface area contributed by atoms with Crippen molar-refractivity contribution in [3.8, 4) is 0 Å². The molecule has 0 spiro atoms. The summed E-state index contributed by atoms with van der Waals surface area (Å²) >= 11 is 0.915. The molecule has 2 rings (SSSR count). The average Bonchev–Trinajstić information content (AvgIpc) is 2.52. The Morgan fingerprint density at radius 1 is 1.33 bits per heavy atom. The number of aliphatic carboxylic acids is 1. The molecular formula is C15H14F3NO4S. The number of nitrogens with one attached hydrogen (secondary N) is 1. The van der Waals surface area contributed by atoms with Gasteiger partial charge in [-0.3, -0.25) is 0 Å². The minimum Gasteiger partial charge on any atom is -0.478 e. The molecule has 0 fully saturated rings. The summed E-state index contributed by atoms with van der Waals surface area (Å²) in [5, 5.41) is 8.70. The van der Waals surface area contributed by atoms with Crippen molar-refractivity contribution in [3.05, 3.63) is 41.0 Å². The molecule has 0 radical (unpaired) electrons. The third-order valence-corrected chi connectivity index (χ3v) is 4.48. The number of halogens is 3. The molecule has 2 N–H and O–H groups in total. The van der Waals surface area contributed by atoms with Crippen molar-refractivity contribution in [3.63, 3.8) is 0 Å². The second-order valence-corrected chi connectivity index (χ2v) is 6.07. The number of carbonyl (C=O) groups excluding carboxylic acids is 1. The van der Waals surface area contributed by atoms with Crippen LogP contribution in [-0.2, 0) is 16.1 Å². The van der Waals surface area contributed by atoms with Crippen LogP contribution < -0.4 is 4.72 Å². The van der Waals surface area contributed by atoms with E-state index < -0.39 is 41.4 Å². The summed E-state index contributed by atoms with van der Waals surface area (Å²) in [5.41, 5.74) is -0.285. The van der Waals surface area contributed by atoms with Gasteiger partial charge in [-0.15, -0.1) is 4.39 Å². The van der Waals surface area contributed by atoms with Gasteiger partial charge in [-0.2, -0.15) is 0 Å². The molecule has 0 heterocycles. The van der Waals surface area contributed by atoms with Crippen molar-refractivity contribution in [1.29, 1.82) is 0 Å². The first-order valence-corrected chi connectivity index (χ1v) is 7.91. The SMILES string of the molecule is O=C(F)OCc1cc(F)c(NSC2CCCC=C2C(=O)O)c(F)c1. The zero-order chi connectivity index (χ0) is 17.7. The zero-order valence-corrected chi connectivity index (χ0v) is 13.2. The maximum Gasteiger partial charge on any atom is 0.495 e. The topological polar surface area (TPSA) is 75.6 Å². The first-order valence-electron chi connectivity index (χ1n) is 7.03. The molecule has 130 valence electrons. The van der Waals surface area contributed by atoms with Gasteiger partial charge in [-0.05, 0) is 48.9 Å². The fourth-order valence-corrected chi connectivity index (χ4v) is 3.34. The van der Waals surface area contributed by atoms with E-state index in [-0.39, 0.29) is 11.1 Å². The quantitative estimate of drug-likeness (QED) is 0.584. The number of rotatable bonds is 6. The molecule has 1 aliphatic carbocycles. The standard InChI is InChI=1S/C15H14F3NO4S/c16-10-5-8(7-23-15(18)22)6-11(17)13(10)19-24-12-4-2-1-3-9(12)14(20)21/h3,5-6,12,19H,1-2,4,7H2,(H,20,21). The van der Waals surface area contributed by atoms with Crippen LogP contribution in [0, 0.1) is 11.6 Å². The van der Waals surface area contributed by atoms with Gasteiger partial charge in [-0.1, -0.05) is 6.08 Å². The molecule has 0 amide bonds. The Morgan fingerprint density at radius 2 is 2.00 bits per heavy atom. The molecule has 9 heteroatoms. The molecule has 1 aromatic rings. The molecule has 1 atom stereocenters. The first-order chi connectivity index (χ1) is 11.4. The summed E-state index contributed by atoms with van der Waals surface area (Å²) in [6.07, 6.45) is 1.58. The summed E-state index contributed by atoms with van der Waals surface area (Å²) in [6.45, 7) is -0.592. The first kappa shape index (κ1) is 18.2. The Balaban J connectivity index is 2.07. The Morgan fingerprint density at radius 3 is 2.58 bits per heavy atom. The number of ether oxygens (including phenoxy) is 1. The highest BCUT2D eigenvalue weighted by atomic mass is 32.2. The molecule has 0 aromatic heterocycles. The lowest BCUT2D eigenvalue weighted by atomic mass is 9.99. The smallest absolute Gasteiger partial charge is 0.478 e. The molecule has 24 heavy (non-hydrogen) atoms. The van der Waals surface area contributed by atoms with E-state index in [4.69, 9.17) is 5.11 Å². The van der Waals surface area contributed by atoms with Crippen LogP contribution in [0.4, 0.5) is 23.7 Å². The molecule has 0 bridgehead atoms. The number of benzene rings is 1. The summed E-state index contributed by atoms with van der Waals surface area (Å²) in [7, 11) is 0. The maximum atomic E-state index is 14.0. The lowest BCUT2D eigenvalue weighted by molar-refractivity contribution is -0.132. The molecule has 5 nitrogen and oxygen atoms in total. The second kappa shape index (κ2) is 8.09. The number of hydrogen-bond donors (Lipinski definition) is 2. The highest BCUT2D eigenvalue weighted by molar-refractivity contribution is 8.01. The fraction of sp³-hybridized carbons (Fsp3) is 0.333. The van der Waals surface area contributed by atoms with E-state index in [1.165, 1.54) is 0 Å². The highest BCUT2D eigenvalue weighted by Crippen LogP contribution is 2.32. The van der Waals surface area contributed by atoms with E-state index in [2.05, 4.69) is 9.46 Å². The molecule has 1 aromatic carbocycles. The Hall–Kier alpha value is -2.16. The Labute approximate surface area is 140 Å². The Bertz CT molecular complexity index is 658. The number of carbonyl (C=O) groups is 2. The van der Waals surface area contributed by atoms with Crippen molar-refractivity contribution in [2.24, 2.45) is 0 Å². The average molecular weight is 361 g/mol. The number of allylic oxidation sites excluding steroid dienone is 1. The monoisotopic (exact) mass is 361 g/mol. The second-order valence-electron chi connectivity index (χ2n) is 5.06. The van der Waals surface area contributed by atoms with E-state index in [9.17, 15) is 22.8 Å². The fourth-order valence-electron chi connectivity index (χ4n) is 2.27. The van der Waals surface area contributed by atoms with Crippen LogP contribution in [0.15, 0.2) is 23.8 Å².